The summed E-state index contributed by atoms with van der Waals surface area (Å²) in [6, 6.07) is 0. The standard InChI is InChI=1S/C16H26O6/c1-13(2)7-4-5-14(13,3)15(6-7)16(21)11(19)9(18)8(17)10(22-15)12(16)20/h7-12,17-21H,4-6H2,1-3H3/t7-,8-,9-,10+,11+,12+,14+,15+,16-/m0/s1. The molecule has 0 radical (unpaired) electrons. The van der Waals surface area contributed by atoms with E-state index in [-0.39, 0.29) is 5.41 Å². The molecular formula is C16H26O6. The SMILES string of the molecule is CC1(C)[C@H]2CC[C@@]1(C)[C@@]1(C2)O[C@@H]2[C@@H](O)[C@H](O)[C@@H](O)[C@]1(O)[C@@H]2O. The monoisotopic (exact) mass is 314 g/mol. The normalized spacial score (nSPS) is 65.5. The second kappa shape index (κ2) is 3.87. The molecule has 1 saturated heterocycles. The minimum atomic E-state index is -1.96. The van der Waals surface area contributed by atoms with E-state index in [1.807, 2.05) is 6.92 Å². The van der Waals surface area contributed by atoms with E-state index in [1.165, 1.54) is 0 Å². The van der Waals surface area contributed by atoms with Gasteiger partial charge in [-0.1, -0.05) is 20.8 Å². The van der Waals surface area contributed by atoms with Crippen LogP contribution in [0.4, 0.5) is 0 Å². The van der Waals surface area contributed by atoms with Crippen molar-refractivity contribution in [3.05, 3.63) is 0 Å². The number of aliphatic hydroxyl groups is 5. The molecule has 6 heteroatoms. The lowest BCUT2D eigenvalue weighted by Gasteiger charge is -2.54. The second-order valence-electron chi connectivity index (χ2n) is 8.60. The molecule has 0 aromatic carbocycles. The summed E-state index contributed by atoms with van der Waals surface area (Å²) >= 11 is 0. The molecule has 4 bridgehead atoms. The first-order chi connectivity index (χ1) is 10.0. The van der Waals surface area contributed by atoms with Crippen molar-refractivity contribution in [2.24, 2.45) is 16.7 Å². The summed E-state index contributed by atoms with van der Waals surface area (Å²) in [5, 5.41) is 52.6. The molecule has 5 N–H and O–H groups in total. The molecule has 1 aliphatic heterocycles. The zero-order valence-electron chi connectivity index (χ0n) is 13.2. The Hall–Kier alpha value is -0.240. The van der Waals surface area contributed by atoms with Crippen LogP contribution in [0, 0.1) is 16.7 Å². The van der Waals surface area contributed by atoms with Gasteiger partial charge in [0.1, 0.15) is 36.1 Å². The van der Waals surface area contributed by atoms with E-state index in [1.54, 1.807) is 0 Å². The maximum absolute atomic E-state index is 11.3. The molecule has 0 aromatic heterocycles. The smallest absolute Gasteiger partial charge is 0.151 e. The minimum Gasteiger partial charge on any atom is -0.387 e. The Morgan fingerprint density at radius 3 is 2.09 bits per heavy atom. The summed E-state index contributed by atoms with van der Waals surface area (Å²) < 4.78 is 6.10. The molecular weight excluding hydrogens is 288 g/mol. The maximum Gasteiger partial charge on any atom is 0.151 e. The van der Waals surface area contributed by atoms with Gasteiger partial charge in [-0.3, -0.25) is 0 Å². The number of hydrogen-bond donors (Lipinski definition) is 5. The highest BCUT2D eigenvalue weighted by molar-refractivity contribution is 5.33. The Bertz CT molecular complexity index is 521. The summed E-state index contributed by atoms with van der Waals surface area (Å²) in [7, 11) is 0. The zero-order valence-corrected chi connectivity index (χ0v) is 13.2. The van der Waals surface area contributed by atoms with Gasteiger partial charge in [0.25, 0.3) is 0 Å². The highest BCUT2D eigenvalue weighted by atomic mass is 16.6. The van der Waals surface area contributed by atoms with Crippen molar-refractivity contribution < 1.29 is 30.3 Å². The average molecular weight is 314 g/mol. The molecule has 126 valence electrons. The van der Waals surface area contributed by atoms with Crippen LogP contribution in [0.1, 0.15) is 40.0 Å². The van der Waals surface area contributed by atoms with Crippen LogP contribution in [-0.2, 0) is 4.74 Å². The maximum atomic E-state index is 11.3. The van der Waals surface area contributed by atoms with E-state index in [0.717, 1.165) is 12.8 Å². The molecule has 22 heavy (non-hydrogen) atoms. The molecule has 3 saturated carbocycles. The molecule has 4 rings (SSSR count). The van der Waals surface area contributed by atoms with Gasteiger partial charge in [0.2, 0.25) is 0 Å². The Kier molecular flexibility index (Phi) is 2.69. The number of hydrogen-bond acceptors (Lipinski definition) is 6. The van der Waals surface area contributed by atoms with Crippen molar-refractivity contribution in [1.82, 2.24) is 0 Å². The molecule has 1 spiro atoms. The van der Waals surface area contributed by atoms with Crippen LogP contribution in [0.5, 0.6) is 0 Å². The minimum absolute atomic E-state index is 0.116. The lowest BCUT2D eigenvalue weighted by molar-refractivity contribution is -0.254. The van der Waals surface area contributed by atoms with E-state index in [0.29, 0.717) is 12.3 Å². The summed E-state index contributed by atoms with van der Waals surface area (Å²) in [5.41, 5.74) is -3.67. The predicted octanol–water partition coefficient (Wildman–Crippen LogP) is -0.842. The van der Waals surface area contributed by atoms with Crippen LogP contribution in [0.3, 0.4) is 0 Å². The van der Waals surface area contributed by atoms with Gasteiger partial charge in [-0.2, -0.15) is 0 Å². The third-order valence-electron chi connectivity index (χ3n) is 8.07. The third-order valence-corrected chi connectivity index (χ3v) is 8.07. The Morgan fingerprint density at radius 2 is 1.59 bits per heavy atom. The van der Waals surface area contributed by atoms with Gasteiger partial charge in [-0.05, 0) is 30.6 Å². The number of rotatable bonds is 0. The lowest BCUT2D eigenvalue weighted by atomic mass is 9.56. The van der Waals surface area contributed by atoms with Crippen LogP contribution < -0.4 is 0 Å². The van der Waals surface area contributed by atoms with Gasteiger partial charge in [-0.15, -0.1) is 0 Å². The van der Waals surface area contributed by atoms with Crippen LogP contribution in [0.2, 0.25) is 0 Å². The molecule has 4 aliphatic rings. The molecule has 3 aliphatic carbocycles. The Labute approximate surface area is 129 Å². The van der Waals surface area contributed by atoms with Crippen LogP contribution >= 0.6 is 0 Å². The predicted molar refractivity (Wildman–Crippen MR) is 75.8 cm³/mol. The highest BCUT2D eigenvalue weighted by Gasteiger charge is 2.84. The summed E-state index contributed by atoms with van der Waals surface area (Å²) in [5.74, 6) is 0.314. The van der Waals surface area contributed by atoms with Gasteiger partial charge in [0.15, 0.2) is 5.60 Å². The molecule has 4 fully saturated rings. The van der Waals surface area contributed by atoms with E-state index < -0.39 is 47.1 Å². The third kappa shape index (κ3) is 1.18. The molecule has 9 atom stereocenters. The molecule has 0 unspecified atom stereocenters. The molecule has 0 aromatic rings. The van der Waals surface area contributed by atoms with Crippen molar-refractivity contribution in [2.45, 2.75) is 81.8 Å². The Balaban J connectivity index is 1.91. The van der Waals surface area contributed by atoms with Crippen LogP contribution in [0.15, 0.2) is 0 Å². The van der Waals surface area contributed by atoms with Crippen LogP contribution in [-0.4, -0.2) is 67.3 Å². The van der Waals surface area contributed by atoms with Crippen molar-refractivity contribution in [3.8, 4) is 0 Å². The topological polar surface area (TPSA) is 110 Å². The average Bonchev–Trinajstić information content (AvgIpc) is 2.88. The summed E-state index contributed by atoms with van der Waals surface area (Å²) in [6.45, 7) is 6.32. The fourth-order valence-electron chi connectivity index (χ4n) is 6.22. The molecule has 0 amide bonds. The first-order valence-electron chi connectivity index (χ1n) is 8.17. The van der Waals surface area contributed by atoms with E-state index in [2.05, 4.69) is 13.8 Å². The summed E-state index contributed by atoms with van der Waals surface area (Å²) in [4.78, 5) is 0. The number of ether oxygens (including phenoxy) is 1. The quantitative estimate of drug-likeness (QED) is 0.399. The zero-order chi connectivity index (χ0) is 16.3. The van der Waals surface area contributed by atoms with E-state index in [9.17, 15) is 25.5 Å². The van der Waals surface area contributed by atoms with Gasteiger partial charge < -0.3 is 30.3 Å². The largest absolute Gasteiger partial charge is 0.387 e. The first-order valence-corrected chi connectivity index (χ1v) is 8.17. The van der Waals surface area contributed by atoms with Crippen molar-refractivity contribution >= 4 is 0 Å². The van der Waals surface area contributed by atoms with E-state index in [4.69, 9.17) is 4.74 Å². The lowest BCUT2D eigenvalue weighted by Crippen LogP contribution is -2.74. The second-order valence-corrected chi connectivity index (χ2v) is 8.60. The fraction of sp³-hybridized carbons (Fsp3) is 1.00. The Morgan fingerprint density at radius 1 is 0.955 bits per heavy atom. The molecule has 6 nitrogen and oxygen atoms in total. The van der Waals surface area contributed by atoms with Crippen LogP contribution in [0.25, 0.3) is 0 Å². The number of fused-ring (bicyclic) bond motifs is 6. The van der Waals surface area contributed by atoms with Crippen molar-refractivity contribution in [2.75, 3.05) is 0 Å². The molecule has 1 heterocycles. The number of aliphatic hydroxyl groups excluding tert-OH is 4. The summed E-state index contributed by atoms with van der Waals surface area (Å²) in [6.07, 6.45) is -4.68. The van der Waals surface area contributed by atoms with Gasteiger partial charge in [-0.25, -0.2) is 0 Å². The van der Waals surface area contributed by atoms with Gasteiger partial charge in [0, 0.05) is 5.41 Å². The van der Waals surface area contributed by atoms with Crippen molar-refractivity contribution in [3.63, 3.8) is 0 Å². The van der Waals surface area contributed by atoms with Gasteiger partial charge in [0.05, 0.1) is 0 Å². The fourth-order valence-corrected chi connectivity index (χ4v) is 6.22. The highest BCUT2D eigenvalue weighted by Crippen LogP contribution is 2.76. The first kappa shape index (κ1) is 15.3. The van der Waals surface area contributed by atoms with Gasteiger partial charge >= 0.3 is 0 Å². The van der Waals surface area contributed by atoms with E-state index >= 15 is 0 Å². The van der Waals surface area contributed by atoms with Crippen molar-refractivity contribution in [1.29, 1.82) is 0 Å².